The maximum absolute atomic E-state index is 5.15. The van der Waals surface area contributed by atoms with Gasteiger partial charge in [0.1, 0.15) is 0 Å². The van der Waals surface area contributed by atoms with Crippen LogP contribution in [-0.4, -0.2) is 40.5 Å². The van der Waals surface area contributed by atoms with Crippen LogP contribution in [-0.2, 0) is 9.47 Å². The summed E-state index contributed by atoms with van der Waals surface area (Å²) in [6.45, 7) is 8.22. The summed E-state index contributed by atoms with van der Waals surface area (Å²) in [5.41, 5.74) is 0.281. The van der Waals surface area contributed by atoms with E-state index in [1.54, 1.807) is 14.2 Å². The fourth-order valence-electron chi connectivity index (χ4n) is 1.36. The van der Waals surface area contributed by atoms with Gasteiger partial charge in [-0.3, -0.25) is 0 Å². The van der Waals surface area contributed by atoms with Gasteiger partial charge in [0, 0.05) is 20.8 Å². The highest BCUT2D eigenvalue weighted by atomic mass is 16.5. The van der Waals surface area contributed by atoms with Crippen molar-refractivity contribution in [2.75, 3.05) is 40.5 Å². The maximum Gasteiger partial charge on any atom is 0.0513 e. The Kier molecular flexibility index (Phi) is 8.14. The molecule has 0 unspecified atom stereocenters. The molecule has 3 heteroatoms. The number of hydrogen-bond acceptors (Lipinski definition) is 3. The zero-order valence-electron chi connectivity index (χ0n) is 10.1. The van der Waals surface area contributed by atoms with Gasteiger partial charge in [-0.1, -0.05) is 13.8 Å². The van der Waals surface area contributed by atoms with Gasteiger partial charge >= 0.3 is 0 Å². The maximum atomic E-state index is 5.15. The first-order valence-electron chi connectivity index (χ1n) is 5.31. The summed E-state index contributed by atoms with van der Waals surface area (Å²) < 4.78 is 10.1. The Bertz CT molecular complexity index is 126. The molecule has 0 aliphatic rings. The summed E-state index contributed by atoms with van der Waals surface area (Å²) >= 11 is 0. The molecule has 0 rings (SSSR count). The lowest BCUT2D eigenvalue weighted by Crippen LogP contribution is -2.26. The van der Waals surface area contributed by atoms with Crippen molar-refractivity contribution in [1.82, 2.24) is 5.32 Å². The normalized spacial score (nSPS) is 12.0. The second-order valence-corrected chi connectivity index (χ2v) is 4.44. The Balaban J connectivity index is 3.26. The Morgan fingerprint density at radius 3 is 2.36 bits per heavy atom. The van der Waals surface area contributed by atoms with Crippen LogP contribution in [0.2, 0.25) is 0 Å². The molecule has 0 bridgehead atoms. The summed E-state index contributed by atoms with van der Waals surface area (Å²) in [5.74, 6) is 0. The molecule has 1 N–H and O–H groups in total. The van der Waals surface area contributed by atoms with Crippen molar-refractivity contribution in [3.63, 3.8) is 0 Å². The fraction of sp³-hybridized carbons (Fsp3) is 1.00. The minimum Gasteiger partial charge on any atom is -0.385 e. The average molecular weight is 203 g/mol. The quantitative estimate of drug-likeness (QED) is 0.578. The largest absolute Gasteiger partial charge is 0.385 e. The molecule has 0 saturated carbocycles. The zero-order valence-corrected chi connectivity index (χ0v) is 10.1. The van der Waals surface area contributed by atoms with Gasteiger partial charge in [-0.2, -0.15) is 0 Å². The molecule has 86 valence electrons. The molecule has 0 radical (unpaired) electrons. The first kappa shape index (κ1) is 13.9. The molecule has 0 fully saturated rings. The molecular weight excluding hydrogens is 178 g/mol. The molecular formula is C11H25NO2. The number of rotatable bonds is 9. The smallest absolute Gasteiger partial charge is 0.0513 e. The lowest BCUT2D eigenvalue weighted by Gasteiger charge is -2.23. The molecule has 0 aliphatic carbocycles. The third kappa shape index (κ3) is 8.48. The second kappa shape index (κ2) is 8.21. The van der Waals surface area contributed by atoms with Crippen LogP contribution < -0.4 is 5.32 Å². The van der Waals surface area contributed by atoms with Gasteiger partial charge in [0.15, 0.2) is 0 Å². The summed E-state index contributed by atoms with van der Waals surface area (Å²) in [7, 11) is 3.50. The van der Waals surface area contributed by atoms with Crippen LogP contribution in [0.3, 0.4) is 0 Å². The molecule has 0 aromatic carbocycles. The SMILES string of the molecule is COCCCNCCC(C)(C)COC. The van der Waals surface area contributed by atoms with Crippen LogP contribution in [0.4, 0.5) is 0 Å². The molecule has 0 aromatic rings. The minimum atomic E-state index is 0.281. The van der Waals surface area contributed by atoms with Gasteiger partial charge in [-0.25, -0.2) is 0 Å². The second-order valence-electron chi connectivity index (χ2n) is 4.44. The van der Waals surface area contributed by atoms with Crippen molar-refractivity contribution in [3.05, 3.63) is 0 Å². The van der Waals surface area contributed by atoms with Gasteiger partial charge in [0.25, 0.3) is 0 Å². The average Bonchev–Trinajstić information content (AvgIpc) is 2.11. The Hall–Kier alpha value is -0.120. The summed E-state index contributed by atoms with van der Waals surface area (Å²) in [5, 5.41) is 3.40. The predicted octanol–water partition coefficient (Wildman–Crippen LogP) is 1.68. The zero-order chi connectivity index (χ0) is 10.9. The van der Waals surface area contributed by atoms with Gasteiger partial charge in [-0.15, -0.1) is 0 Å². The number of nitrogens with one attached hydrogen (secondary N) is 1. The summed E-state index contributed by atoms with van der Waals surface area (Å²) in [6, 6.07) is 0. The van der Waals surface area contributed by atoms with Crippen LogP contribution in [0.25, 0.3) is 0 Å². The first-order chi connectivity index (χ1) is 6.62. The number of ether oxygens (including phenoxy) is 2. The molecule has 0 amide bonds. The van der Waals surface area contributed by atoms with E-state index in [9.17, 15) is 0 Å². The highest BCUT2D eigenvalue weighted by Crippen LogP contribution is 2.19. The van der Waals surface area contributed by atoms with E-state index in [0.717, 1.165) is 39.1 Å². The third-order valence-corrected chi connectivity index (χ3v) is 2.22. The van der Waals surface area contributed by atoms with E-state index in [2.05, 4.69) is 19.2 Å². The van der Waals surface area contributed by atoms with Crippen molar-refractivity contribution in [2.24, 2.45) is 5.41 Å². The van der Waals surface area contributed by atoms with E-state index in [-0.39, 0.29) is 5.41 Å². The van der Waals surface area contributed by atoms with E-state index >= 15 is 0 Å². The van der Waals surface area contributed by atoms with Gasteiger partial charge < -0.3 is 14.8 Å². The molecule has 14 heavy (non-hydrogen) atoms. The highest BCUT2D eigenvalue weighted by Gasteiger charge is 2.16. The van der Waals surface area contributed by atoms with Crippen molar-refractivity contribution in [2.45, 2.75) is 26.7 Å². The van der Waals surface area contributed by atoms with E-state index < -0.39 is 0 Å². The Morgan fingerprint density at radius 2 is 1.79 bits per heavy atom. The topological polar surface area (TPSA) is 30.5 Å². The first-order valence-corrected chi connectivity index (χ1v) is 5.31. The number of methoxy groups -OCH3 is 2. The van der Waals surface area contributed by atoms with Crippen LogP contribution in [0.5, 0.6) is 0 Å². The summed E-state index contributed by atoms with van der Waals surface area (Å²) in [6.07, 6.45) is 2.23. The molecule has 3 nitrogen and oxygen atoms in total. The predicted molar refractivity (Wildman–Crippen MR) is 59.6 cm³/mol. The summed E-state index contributed by atoms with van der Waals surface area (Å²) in [4.78, 5) is 0. The lowest BCUT2D eigenvalue weighted by molar-refractivity contribution is 0.0981. The van der Waals surface area contributed by atoms with Gasteiger partial charge in [-0.05, 0) is 31.3 Å². The van der Waals surface area contributed by atoms with E-state index in [1.807, 2.05) is 0 Å². The van der Waals surface area contributed by atoms with Crippen LogP contribution in [0.15, 0.2) is 0 Å². The molecule has 0 saturated heterocycles. The van der Waals surface area contributed by atoms with E-state index in [4.69, 9.17) is 9.47 Å². The molecule has 0 spiro atoms. The van der Waals surface area contributed by atoms with Gasteiger partial charge in [0.2, 0.25) is 0 Å². The fourth-order valence-corrected chi connectivity index (χ4v) is 1.36. The van der Waals surface area contributed by atoms with E-state index in [0.29, 0.717) is 0 Å². The monoisotopic (exact) mass is 203 g/mol. The lowest BCUT2D eigenvalue weighted by atomic mass is 9.90. The van der Waals surface area contributed by atoms with Crippen molar-refractivity contribution in [3.8, 4) is 0 Å². The van der Waals surface area contributed by atoms with Crippen LogP contribution in [0, 0.1) is 5.41 Å². The molecule has 0 aromatic heterocycles. The van der Waals surface area contributed by atoms with Crippen molar-refractivity contribution < 1.29 is 9.47 Å². The standard InChI is InChI=1S/C11H25NO2/c1-11(2,10-14-4)6-8-12-7-5-9-13-3/h12H,5-10H2,1-4H3. The molecule has 0 atom stereocenters. The van der Waals surface area contributed by atoms with Crippen molar-refractivity contribution >= 4 is 0 Å². The Morgan fingerprint density at radius 1 is 1.07 bits per heavy atom. The molecule has 0 aliphatic heterocycles. The Labute approximate surface area is 88.2 Å². The minimum absolute atomic E-state index is 0.281. The van der Waals surface area contributed by atoms with E-state index in [1.165, 1.54) is 0 Å². The van der Waals surface area contributed by atoms with Gasteiger partial charge in [0.05, 0.1) is 6.61 Å². The number of hydrogen-bond donors (Lipinski definition) is 1. The van der Waals surface area contributed by atoms with Crippen molar-refractivity contribution in [1.29, 1.82) is 0 Å². The van der Waals surface area contributed by atoms with Crippen LogP contribution in [0.1, 0.15) is 26.7 Å². The van der Waals surface area contributed by atoms with Crippen LogP contribution >= 0.6 is 0 Å². The third-order valence-electron chi connectivity index (χ3n) is 2.22. The highest BCUT2D eigenvalue weighted by molar-refractivity contribution is 4.68. The molecule has 0 heterocycles.